The van der Waals surface area contributed by atoms with Crippen molar-refractivity contribution < 1.29 is 9.84 Å². The molecule has 2 atom stereocenters. The molecule has 1 aliphatic carbocycles. The van der Waals surface area contributed by atoms with Gasteiger partial charge >= 0.3 is 0 Å². The van der Waals surface area contributed by atoms with Crippen molar-refractivity contribution in [3.8, 4) is 11.5 Å². The molecule has 0 fully saturated rings. The Balaban J connectivity index is 1.67. The van der Waals surface area contributed by atoms with E-state index in [1.807, 2.05) is 12.1 Å². The molecule has 2 aromatic rings. The van der Waals surface area contributed by atoms with Crippen molar-refractivity contribution >= 4 is 0 Å². The number of phenols is 1. The lowest BCUT2D eigenvalue weighted by molar-refractivity contribution is 0.0107. The summed E-state index contributed by atoms with van der Waals surface area (Å²) in [6.45, 7) is 6.58. The van der Waals surface area contributed by atoms with Gasteiger partial charge in [-0.25, -0.2) is 0 Å². The van der Waals surface area contributed by atoms with E-state index in [9.17, 15) is 5.11 Å². The Hall–Kier alpha value is -2.22. The zero-order valence-corrected chi connectivity index (χ0v) is 16.0. The summed E-state index contributed by atoms with van der Waals surface area (Å²) in [6.07, 6.45) is 6.46. The van der Waals surface area contributed by atoms with Crippen molar-refractivity contribution in [3.05, 3.63) is 70.8 Å². The van der Waals surface area contributed by atoms with Crippen LogP contribution in [0.1, 0.15) is 56.2 Å². The molecule has 2 heteroatoms. The third-order valence-corrected chi connectivity index (χ3v) is 6.07. The van der Waals surface area contributed by atoms with Gasteiger partial charge in [0.2, 0.25) is 0 Å². The van der Waals surface area contributed by atoms with Crippen LogP contribution in [0.15, 0.2) is 54.1 Å². The topological polar surface area (TPSA) is 29.5 Å². The van der Waals surface area contributed by atoms with E-state index in [0.717, 1.165) is 42.6 Å². The van der Waals surface area contributed by atoms with Gasteiger partial charge in [0.15, 0.2) is 0 Å². The van der Waals surface area contributed by atoms with Gasteiger partial charge < -0.3 is 9.84 Å². The van der Waals surface area contributed by atoms with Crippen molar-refractivity contribution in [2.24, 2.45) is 5.92 Å². The van der Waals surface area contributed by atoms with E-state index in [2.05, 4.69) is 57.2 Å². The highest BCUT2D eigenvalue weighted by molar-refractivity contribution is 5.54. The first-order valence-corrected chi connectivity index (χ1v) is 9.70. The van der Waals surface area contributed by atoms with Crippen molar-refractivity contribution in [1.29, 1.82) is 0 Å². The second-order valence-corrected chi connectivity index (χ2v) is 8.40. The van der Waals surface area contributed by atoms with Gasteiger partial charge in [0.1, 0.15) is 17.1 Å². The molecule has 1 heterocycles. The maximum Gasteiger partial charge on any atom is 0.127 e. The molecule has 2 aromatic carbocycles. The fraction of sp³-hybridized carbons (Fsp3) is 0.417. The molecule has 2 aliphatic rings. The lowest BCUT2D eigenvalue weighted by Gasteiger charge is -2.46. The largest absolute Gasteiger partial charge is 0.507 e. The average Bonchev–Trinajstić information content (AvgIpc) is 2.59. The normalized spacial score (nSPS) is 23.4. The Morgan fingerprint density at radius 2 is 1.81 bits per heavy atom. The second kappa shape index (κ2) is 6.50. The van der Waals surface area contributed by atoms with Crippen LogP contribution in [0.3, 0.4) is 0 Å². The fourth-order valence-corrected chi connectivity index (χ4v) is 4.66. The molecule has 0 spiro atoms. The number of ether oxygens (including phenoxy) is 1. The Labute approximate surface area is 156 Å². The Bertz CT molecular complexity index is 833. The summed E-state index contributed by atoms with van der Waals surface area (Å²) in [6, 6.07) is 14.6. The van der Waals surface area contributed by atoms with Gasteiger partial charge in [-0.2, -0.15) is 0 Å². The molecule has 0 amide bonds. The highest BCUT2D eigenvalue weighted by Crippen LogP contribution is 2.53. The number of hydrogen-bond donors (Lipinski definition) is 1. The average molecular weight is 349 g/mol. The van der Waals surface area contributed by atoms with Crippen LogP contribution in [0.4, 0.5) is 0 Å². The molecule has 136 valence electrons. The van der Waals surface area contributed by atoms with Crippen LogP contribution in [0.25, 0.3) is 0 Å². The minimum absolute atomic E-state index is 0.209. The first kappa shape index (κ1) is 17.2. The third-order valence-electron chi connectivity index (χ3n) is 6.07. The Morgan fingerprint density at radius 3 is 2.58 bits per heavy atom. The summed E-state index contributed by atoms with van der Waals surface area (Å²) in [5.41, 5.74) is 4.64. The fourth-order valence-electron chi connectivity index (χ4n) is 4.66. The smallest absolute Gasteiger partial charge is 0.127 e. The molecular weight excluding hydrogens is 321 g/mol. The highest BCUT2D eigenvalue weighted by atomic mass is 16.5. The molecule has 2 unspecified atom stereocenters. The van der Waals surface area contributed by atoms with Crippen LogP contribution in [-0.2, 0) is 12.8 Å². The summed E-state index contributed by atoms with van der Waals surface area (Å²) in [5.74, 6) is 1.93. The molecule has 0 aromatic heterocycles. The maximum atomic E-state index is 10.8. The van der Waals surface area contributed by atoms with E-state index in [0.29, 0.717) is 11.7 Å². The van der Waals surface area contributed by atoms with Crippen LogP contribution < -0.4 is 4.74 Å². The first-order chi connectivity index (χ1) is 12.4. The number of phenolic OH excluding ortho intramolecular Hbond substituents is 1. The zero-order chi connectivity index (χ0) is 18.3. The van der Waals surface area contributed by atoms with Crippen molar-refractivity contribution in [3.63, 3.8) is 0 Å². The zero-order valence-electron chi connectivity index (χ0n) is 16.0. The van der Waals surface area contributed by atoms with E-state index in [1.54, 1.807) is 0 Å². The van der Waals surface area contributed by atoms with Gasteiger partial charge in [-0.1, -0.05) is 42.0 Å². The molecule has 2 nitrogen and oxygen atoms in total. The molecule has 4 rings (SSSR count). The Kier molecular flexibility index (Phi) is 4.30. The van der Waals surface area contributed by atoms with Crippen LogP contribution in [-0.4, -0.2) is 10.7 Å². The predicted octanol–water partition coefficient (Wildman–Crippen LogP) is 5.79. The molecule has 0 bridgehead atoms. The van der Waals surface area contributed by atoms with Gasteiger partial charge in [0.25, 0.3) is 0 Å². The molecule has 0 radical (unpaired) electrons. The number of fused-ring (bicyclic) bond motifs is 3. The lowest BCUT2D eigenvalue weighted by atomic mass is 9.68. The molecular formula is C24H28O2. The third kappa shape index (κ3) is 3.13. The molecule has 1 N–H and O–H groups in total. The maximum absolute atomic E-state index is 10.8. The van der Waals surface area contributed by atoms with E-state index in [1.165, 1.54) is 11.1 Å². The van der Waals surface area contributed by atoms with E-state index < -0.39 is 0 Å². The first-order valence-electron chi connectivity index (χ1n) is 9.70. The van der Waals surface area contributed by atoms with Crippen LogP contribution in [0, 0.1) is 5.92 Å². The van der Waals surface area contributed by atoms with Crippen LogP contribution >= 0.6 is 0 Å². The molecule has 0 saturated heterocycles. The van der Waals surface area contributed by atoms with Crippen molar-refractivity contribution in [2.75, 3.05) is 0 Å². The quantitative estimate of drug-likeness (QED) is 0.561. The van der Waals surface area contributed by atoms with Crippen LogP contribution in [0.5, 0.6) is 11.5 Å². The molecule has 1 aliphatic heterocycles. The van der Waals surface area contributed by atoms with E-state index in [-0.39, 0.29) is 11.5 Å². The summed E-state index contributed by atoms with van der Waals surface area (Å²) in [7, 11) is 0. The van der Waals surface area contributed by atoms with Gasteiger partial charge in [0.05, 0.1) is 0 Å². The predicted molar refractivity (Wildman–Crippen MR) is 106 cm³/mol. The number of aryl methyl sites for hydroxylation is 2. The summed E-state index contributed by atoms with van der Waals surface area (Å²) in [5, 5.41) is 10.8. The van der Waals surface area contributed by atoms with Gasteiger partial charge in [-0.3, -0.25) is 0 Å². The minimum Gasteiger partial charge on any atom is -0.507 e. The van der Waals surface area contributed by atoms with Gasteiger partial charge in [-0.05, 0) is 69.7 Å². The second-order valence-electron chi connectivity index (χ2n) is 8.40. The number of aromatic hydroxyl groups is 1. The SMILES string of the molecule is CC1(C)Oc2cc(CCc3ccccc3)cc(O)c2C2C=C([13CH3])CCC21. The molecule has 0 saturated carbocycles. The number of rotatable bonds is 3. The minimum atomic E-state index is -0.209. The van der Waals surface area contributed by atoms with Gasteiger partial charge in [-0.15, -0.1) is 0 Å². The number of benzene rings is 2. The summed E-state index contributed by atoms with van der Waals surface area (Å²) >= 11 is 0. The van der Waals surface area contributed by atoms with E-state index >= 15 is 0 Å². The van der Waals surface area contributed by atoms with Crippen LogP contribution in [0.2, 0.25) is 0 Å². The monoisotopic (exact) mass is 349 g/mol. The van der Waals surface area contributed by atoms with Crippen molar-refractivity contribution in [2.45, 2.75) is 58.0 Å². The summed E-state index contributed by atoms with van der Waals surface area (Å²) < 4.78 is 6.41. The highest BCUT2D eigenvalue weighted by Gasteiger charge is 2.45. The summed E-state index contributed by atoms with van der Waals surface area (Å²) in [4.78, 5) is 0. The molecule has 26 heavy (non-hydrogen) atoms. The standard InChI is InChI=1S/C24H28O2/c1-16-9-12-20-19(13-16)23-21(25)14-18(15-22(23)26-24(20,2)3)11-10-17-7-5-4-6-8-17/h4-8,13-15,19-20,25H,9-12H2,1-3H3/i1+1. The van der Waals surface area contributed by atoms with Crippen molar-refractivity contribution in [1.82, 2.24) is 0 Å². The van der Waals surface area contributed by atoms with E-state index in [4.69, 9.17) is 4.74 Å². The Morgan fingerprint density at radius 1 is 1.08 bits per heavy atom. The lowest BCUT2D eigenvalue weighted by Crippen LogP contribution is -2.45. The number of allylic oxidation sites excluding steroid dienone is 2. The number of hydrogen-bond acceptors (Lipinski definition) is 2. The van der Waals surface area contributed by atoms with Gasteiger partial charge in [0, 0.05) is 17.4 Å².